The van der Waals surface area contributed by atoms with Gasteiger partial charge in [0.25, 0.3) is 0 Å². The molecule has 0 spiro atoms. The van der Waals surface area contributed by atoms with E-state index in [2.05, 4.69) is 21.4 Å². The highest BCUT2D eigenvalue weighted by molar-refractivity contribution is 5.79. The first-order valence-electron chi connectivity index (χ1n) is 6.89. The second kappa shape index (κ2) is 5.89. The van der Waals surface area contributed by atoms with Crippen LogP contribution in [0.1, 0.15) is 11.1 Å². The summed E-state index contributed by atoms with van der Waals surface area (Å²) in [5, 5.41) is 4.21. The minimum absolute atomic E-state index is 0.630. The van der Waals surface area contributed by atoms with Crippen LogP contribution in [0.5, 0.6) is 11.6 Å². The fraction of sp³-hybridized carbons (Fsp3) is 0.176. The minimum Gasteiger partial charge on any atom is -0.439 e. The van der Waals surface area contributed by atoms with Crippen LogP contribution in [0.4, 0.5) is 0 Å². The molecule has 21 heavy (non-hydrogen) atoms. The summed E-state index contributed by atoms with van der Waals surface area (Å²) < 4.78 is 5.88. The molecular formula is C17H17N3O. The van der Waals surface area contributed by atoms with Crippen molar-refractivity contribution in [3.8, 4) is 11.6 Å². The van der Waals surface area contributed by atoms with Gasteiger partial charge >= 0.3 is 0 Å². The van der Waals surface area contributed by atoms with Crippen molar-refractivity contribution in [2.45, 2.75) is 13.5 Å². The molecule has 3 rings (SSSR count). The molecule has 0 aliphatic heterocycles. The highest BCUT2D eigenvalue weighted by atomic mass is 16.5. The van der Waals surface area contributed by atoms with Gasteiger partial charge in [-0.25, -0.2) is 4.98 Å². The zero-order valence-electron chi connectivity index (χ0n) is 12.1. The van der Waals surface area contributed by atoms with Crippen molar-refractivity contribution < 1.29 is 4.74 Å². The van der Waals surface area contributed by atoms with Crippen molar-refractivity contribution in [1.82, 2.24) is 15.3 Å². The fourth-order valence-electron chi connectivity index (χ4n) is 2.25. The van der Waals surface area contributed by atoms with Crippen LogP contribution in [0.25, 0.3) is 10.9 Å². The van der Waals surface area contributed by atoms with Gasteiger partial charge in [-0.2, -0.15) is 0 Å². The van der Waals surface area contributed by atoms with Gasteiger partial charge in [-0.15, -0.1) is 0 Å². The van der Waals surface area contributed by atoms with E-state index in [1.54, 1.807) is 6.20 Å². The number of benzene rings is 1. The Kier molecular flexibility index (Phi) is 3.79. The molecule has 0 amide bonds. The quantitative estimate of drug-likeness (QED) is 0.794. The number of nitrogens with zero attached hydrogens (tertiary/aromatic N) is 2. The zero-order chi connectivity index (χ0) is 14.7. The Hall–Kier alpha value is -2.46. The van der Waals surface area contributed by atoms with Crippen molar-refractivity contribution in [1.29, 1.82) is 0 Å². The Labute approximate surface area is 123 Å². The lowest BCUT2D eigenvalue weighted by molar-refractivity contribution is 0.459. The van der Waals surface area contributed by atoms with E-state index in [4.69, 9.17) is 4.74 Å². The number of rotatable bonds is 4. The average Bonchev–Trinajstić information content (AvgIpc) is 2.50. The van der Waals surface area contributed by atoms with Crippen LogP contribution in [-0.2, 0) is 6.54 Å². The SMILES string of the molecule is CNCc1cnc(Oc2ccc3cccnc3c2)c(C)c1. The number of fused-ring (bicyclic) bond motifs is 1. The normalized spacial score (nSPS) is 10.8. The van der Waals surface area contributed by atoms with Crippen LogP contribution in [-0.4, -0.2) is 17.0 Å². The molecular weight excluding hydrogens is 262 g/mol. The molecule has 106 valence electrons. The molecule has 0 aliphatic carbocycles. The Morgan fingerprint density at radius 2 is 2.05 bits per heavy atom. The fourth-order valence-corrected chi connectivity index (χ4v) is 2.25. The molecule has 0 atom stereocenters. The maximum absolute atomic E-state index is 5.88. The van der Waals surface area contributed by atoms with Gasteiger partial charge in [0.15, 0.2) is 0 Å². The van der Waals surface area contributed by atoms with Gasteiger partial charge in [-0.05, 0) is 43.8 Å². The molecule has 2 heterocycles. The summed E-state index contributed by atoms with van der Waals surface area (Å²) in [6.07, 6.45) is 3.61. The second-order valence-corrected chi connectivity index (χ2v) is 4.96. The number of pyridine rings is 2. The number of hydrogen-bond acceptors (Lipinski definition) is 4. The van der Waals surface area contributed by atoms with E-state index in [1.165, 1.54) is 0 Å². The molecule has 0 unspecified atom stereocenters. The first kappa shape index (κ1) is 13.5. The number of aryl methyl sites for hydroxylation is 1. The van der Waals surface area contributed by atoms with Gasteiger partial charge in [0.2, 0.25) is 5.88 Å². The molecule has 1 N–H and O–H groups in total. The predicted molar refractivity (Wildman–Crippen MR) is 83.6 cm³/mol. The summed E-state index contributed by atoms with van der Waals surface area (Å²) in [7, 11) is 1.92. The van der Waals surface area contributed by atoms with E-state index in [-0.39, 0.29) is 0 Å². The third-order valence-corrected chi connectivity index (χ3v) is 3.26. The molecule has 1 aromatic carbocycles. The average molecular weight is 279 g/mol. The van der Waals surface area contributed by atoms with Crippen molar-refractivity contribution in [2.24, 2.45) is 0 Å². The van der Waals surface area contributed by atoms with Crippen LogP contribution in [0.15, 0.2) is 48.8 Å². The van der Waals surface area contributed by atoms with Gasteiger partial charge in [-0.3, -0.25) is 4.98 Å². The monoisotopic (exact) mass is 279 g/mol. The maximum atomic E-state index is 5.88. The van der Waals surface area contributed by atoms with E-state index in [1.807, 2.05) is 50.5 Å². The zero-order valence-corrected chi connectivity index (χ0v) is 12.1. The molecule has 3 aromatic rings. The van der Waals surface area contributed by atoms with Gasteiger partial charge < -0.3 is 10.1 Å². The second-order valence-electron chi connectivity index (χ2n) is 4.96. The molecule has 4 heteroatoms. The lowest BCUT2D eigenvalue weighted by Crippen LogP contribution is -2.06. The molecule has 4 nitrogen and oxygen atoms in total. The smallest absolute Gasteiger partial charge is 0.222 e. The number of nitrogens with one attached hydrogen (secondary N) is 1. The Morgan fingerprint density at radius 1 is 1.14 bits per heavy atom. The van der Waals surface area contributed by atoms with E-state index in [0.29, 0.717) is 5.88 Å². The van der Waals surface area contributed by atoms with Gasteiger partial charge in [0, 0.05) is 36.0 Å². The largest absolute Gasteiger partial charge is 0.439 e. The molecule has 0 fully saturated rings. The summed E-state index contributed by atoms with van der Waals surface area (Å²) >= 11 is 0. The number of hydrogen-bond donors (Lipinski definition) is 1. The van der Waals surface area contributed by atoms with Crippen LogP contribution in [0, 0.1) is 6.92 Å². The lowest BCUT2D eigenvalue weighted by atomic mass is 10.2. The Bertz CT molecular complexity index is 771. The summed E-state index contributed by atoms with van der Waals surface area (Å²) in [5.41, 5.74) is 3.07. The Morgan fingerprint density at radius 3 is 2.86 bits per heavy atom. The van der Waals surface area contributed by atoms with Crippen LogP contribution in [0.3, 0.4) is 0 Å². The summed E-state index contributed by atoms with van der Waals surface area (Å²) in [4.78, 5) is 8.73. The topological polar surface area (TPSA) is 47.0 Å². The lowest BCUT2D eigenvalue weighted by Gasteiger charge is -2.09. The summed E-state index contributed by atoms with van der Waals surface area (Å²) in [5.74, 6) is 1.38. The predicted octanol–water partition coefficient (Wildman–Crippen LogP) is 3.45. The van der Waals surface area contributed by atoms with Gasteiger partial charge in [0.1, 0.15) is 5.75 Å². The van der Waals surface area contributed by atoms with Crippen LogP contribution in [0.2, 0.25) is 0 Å². The van der Waals surface area contributed by atoms with E-state index in [0.717, 1.165) is 34.3 Å². The minimum atomic E-state index is 0.630. The van der Waals surface area contributed by atoms with Gasteiger partial charge in [-0.1, -0.05) is 6.07 Å². The maximum Gasteiger partial charge on any atom is 0.222 e. The van der Waals surface area contributed by atoms with Gasteiger partial charge in [0.05, 0.1) is 5.52 Å². The van der Waals surface area contributed by atoms with E-state index < -0.39 is 0 Å². The van der Waals surface area contributed by atoms with Crippen LogP contribution >= 0.6 is 0 Å². The number of aromatic nitrogens is 2. The highest BCUT2D eigenvalue weighted by Gasteiger charge is 2.05. The summed E-state index contributed by atoms with van der Waals surface area (Å²) in [6, 6.07) is 11.9. The van der Waals surface area contributed by atoms with Crippen molar-refractivity contribution in [3.63, 3.8) is 0 Å². The van der Waals surface area contributed by atoms with Crippen molar-refractivity contribution >= 4 is 10.9 Å². The molecule has 2 aromatic heterocycles. The van der Waals surface area contributed by atoms with Crippen LogP contribution < -0.4 is 10.1 Å². The van der Waals surface area contributed by atoms with Crippen molar-refractivity contribution in [2.75, 3.05) is 7.05 Å². The standard InChI is InChI=1S/C17H17N3O/c1-12-8-13(10-18-2)11-20-17(12)21-15-6-5-14-4-3-7-19-16(14)9-15/h3-9,11,18H,10H2,1-2H3. The van der Waals surface area contributed by atoms with E-state index in [9.17, 15) is 0 Å². The van der Waals surface area contributed by atoms with Crippen molar-refractivity contribution in [3.05, 3.63) is 59.9 Å². The number of ether oxygens (including phenoxy) is 1. The highest BCUT2D eigenvalue weighted by Crippen LogP contribution is 2.25. The molecule has 0 saturated carbocycles. The molecule has 0 saturated heterocycles. The first-order chi connectivity index (χ1) is 10.3. The third-order valence-electron chi connectivity index (χ3n) is 3.26. The molecule has 0 radical (unpaired) electrons. The first-order valence-corrected chi connectivity index (χ1v) is 6.89. The molecule has 0 bridgehead atoms. The molecule has 0 aliphatic rings. The van der Waals surface area contributed by atoms with E-state index >= 15 is 0 Å². The summed E-state index contributed by atoms with van der Waals surface area (Å²) in [6.45, 7) is 2.80. The third kappa shape index (κ3) is 3.01. The Balaban J connectivity index is 1.87.